The number of hydrogen-bond donors (Lipinski definition) is 0. The minimum atomic E-state index is -0.875. The molecule has 0 aromatic heterocycles. The first-order valence-corrected chi connectivity index (χ1v) is 6.01. The standard InChI is InChI=1S/C11H22ClO/c1-2-3-4-5-6-7-8-9-10-11(12)13/h11H,2-10H2,1H3. The Labute approximate surface area is 87.5 Å². The van der Waals surface area contributed by atoms with E-state index in [0.717, 1.165) is 6.42 Å². The lowest BCUT2D eigenvalue weighted by molar-refractivity contribution is 0.148. The van der Waals surface area contributed by atoms with Crippen molar-refractivity contribution in [2.75, 3.05) is 0 Å². The van der Waals surface area contributed by atoms with E-state index < -0.39 is 5.56 Å². The number of unbranched alkanes of at least 4 members (excludes halogenated alkanes) is 7. The highest BCUT2D eigenvalue weighted by molar-refractivity contribution is 6.19. The van der Waals surface area contributed by atoms with E-state index in [2.05, 4.69) is 6.92 Å². The van der Waals surface area contributed by atoms with E-state index in [1.165, 1.54) is 44.9 Å². The highest BCUT2D eigenvalue weighted by atomic mass is 35.5. The third-order valence-corrected chi connectivity index (χ3v) is 2.50. The Kier molecular flexibility index (Phi) is 10.5. The van der Waals surface area contributed by atoms with Crippen molar-refractivity contribution < 1.29 is 5.11 Å². The van der Waals surface area contributed by atoms with Gasteiger partial charge in [-0.2, -0.15) is 0 Å². The van der Waals surface area contributed by atoms with Crippen LogP contribution in [0.25, 0.3) is 0 Å². The van der Waals surface area contributed by atoms with Crippen LogP contribution in [0.15, 0.2) is 0 Å². The summed E-state index contributed by atoms with van der Waals surface area (Å²) in [7, 11) is 0. The van der Waals surface area contributed by atoms with Crippen molar-refractivity contribution in [2.45, 2.75) is 70.3 Å². The van der Waals surface area contributed by atoms with Gasteiger partial charge in [0.2, 0.25) is 0 Å². The van der Waals surface area contributed by atoms with E-state index >= 15 is 0 Å². The monoisotopic (exact) mass is 205 g/mol. The van der Waals surface area contributed by atoms with Gasteiger partial charge in [-0.25, -0.2) is 5.11 Å². The number of halogens is 1. The molecule has 79 valence electrons. The zero-order valence-electron chi connectivity index (χ0n) is 8.73. The first-order chi connectivity index (χ1) is 6.27. The highest BCUT2D eigenvalue weighted by Crippen LogP contribution is 2.11. The second-order valence-electron chi connectivity index (χ2n) is 3.67. The molecule has 1 unspecified atom stereocenters. The van der Waals surface area contributed by atoms with Crippen molar-refractivity contribution in [3.8, 4) is 0 Å². The lowest BCUT2D eigenvalue weighted by Crippen LogP contribution is -1.92. The lowest BCUT2D eigenvalue weighted by Gasteiger charge is -2.01. The summed E-state index contributed by atoms with van der Waals surface area (Å²) in [4.78, 5) is 0. The minimum absolute atomic E-state index is 0.635. The summed E-state index contributed by atoms with van der Waals surface area (Å²) >= 11 is 5.30. The molecule has 0 fully saturated rings. The molecule has 2 heteroatoms. The largest absolute Gasteiger partial charge is 0.216 e. The van der Waals surface area contributed by atoms with Gasteiger partial charge in [0.05, 0.1) is 0 Å². The van der Waals surface area contributed by atoms with Crippen molar-refractivity contribution in [3.05, 3.63) is 0 Å². The first-order valence-electron chi connectivity index (χ1n) is 5.57. The number of rotatable bonds is 9. The third kappa shape index (κ3) is 12.2. The quantitative estimate of drug-likeness (QED) is 0.390. The fraction of sp³-hybridized carbons (Fsp3) is 1.00. The Balaban J connectivity index is 2.84. The van der Waals surface area contributed by atoms with E-state index in [1.54, 1.807) is 0 Å². The molecule has 0 aliphatic heterocycles. The van der Waals surface area contributed by atoms with E-state index in [0.29, 0.717) is 6.42 Å². The molecule has 0 spiro atoms. The van der Waals surface area contributed by atoms with Crippen LogP contribution in [-0.2, 0) is 5.11 Å². The second kappa shape index (κ2) is 10.3. The highest BCUT2D eigenvalue weighted by Gasteiger charge is 1.98. The van der Waals surface area contributed by atoms with Crippen molar-refractivity contribution in [1.29, 1.82) is 0 Å². The maximum Gasteiger partial charge on any atom is 0.166 e. The second-order valence-corrected chi connectivity index (χ2v) is 4.16. The summed E-state index contributed by atoms with van der Waals surface area (Å²) in [5, 5.41) is 10.5. The van der Waals surface area contributed by atoms with Gasteiger partial charge < -0.3 is 0 Å². The fourth-order valence-electron chi connectivity index (χ4n) is 1.44. The van der Waals surface area contributed by atoms with Gasteiger partial charge >= 0.3 is 0 Å². The molecule has 0 rings (SSSR count). The lowest BCUT2D eigenvalue weighted by atomic mass is 10.1. The van der Waals surface area contributed by atoms with Crippen LogP contribution in [0.3, 0.4) is 0 Å². The summed E-state index contributed by atoms with van der Waals surface area (Å²) in [6.45, 7) is 2.23. The van der Waals surface area contributed by atoms with Gasteiger partial charge in [0.25, 0.3) is 0 Å². The predicted molar refractivity (Wildman–Crippen MR) is 57.6 cm³/mol. The predicted octanol–water partition coefficient (Wildman–Crippen LogP) is 4.51. The molecule has 0 saturated heterocycles. The van der Waals surface area contributed by atoms with Crippen LogP contribution in [-0.4, -0.2) is 5.56 Å². The molecule has 13 heavy (non-hydrogen) atoms. The summed E-state index contributed by atoms with van der Waals surface area (Å²) in [6, 6.07) is 0. The van der Waals surface area contributed by atoms with Gasteiger partial charge in [0.1, 0.15) is 0 Å². The summed E-state index contributed by atoms with van der Waals surface area (Å²) < 4.78 is 0. The van der Waals surface area contributed by atoms with Crippen LogP contribution in [0, 0.1) is 0 Å². The molecule has 0 heterocycles. The van der Waals surface area contributed by atoms with Gasteiger partial charge in [-0.15, -0.1) is 0 Å². The average Bonchev–Trinajstić information content (AvgIpc) is 2.09. The van der Waals surface area contributed by atoms with Crippen LogP contribution >= 0.6 is 11.6 Å². The van der Waals surface area contributed by atoms with Crippen molar-refractivity contribution >= 4 is 11.6 Å². The Bertz CT molecular complexity index is 94.1. The molecule has 0 amide bonds. The smallest absolute Gasteiger partial charge is 0.166 e. The third-order valence-electron chi connectivity index (χ3n) is 2.28. The maximum atomic E-state index is 10.5. The van der Waals surface area contributed by atoms with Crippen LogP contribution in [0.5, 0.6) is 0 Å². The molecule has 0 aliphatic rings. The molecule has 0 saturated carbocycles. The molecule has 0 aromatic carbocycles. The fourth-order valence-corrected chi connectivity index (χ4v) is 1.59. The molecule has 0 aromatic rings. The molecular weight excluding hydrogens is 184 g/mol. The van der Waals surface area contributed by atoms with E-state index in [4.69, 9.17) is 11.6 Å². The molecule has 1 atom stereocenters. The zero-order chi connectivity index (χ0) is 9.94. The van der Waals surface area contributed by atoms with Crippen molar-refractivity contribution in [2.24, 2.45) is 0 Å². The Hall–Kier alpha value is 0.250. The molecular formula is C11H22ClO. The summed E-state index contributed by atoms with van der Waals surface area (Å²) in [6.07, 6.45) is 10.8. The van der Waals surface area contributed by atoms with Gasteiger partial charge in [-0.1, -0.05) is 63.5 Å². The normalized spacial score (nSPS) is 13.2. The molecule has 0 bridgehead atoms. The Morgan fingerprint density at radius 2 is 1.38 bits per heavy atom. The SMILES string of the molecule is CCCCCCCCCCC([O])Cl. The molecule has 0 aliphatic carbocycles. The van der Waals surface area contributed by atoms with Crippen LogP contribution < -0.4 is 0 Å². The number of hydrogen-bond acceptors (Lipinski definition) is 0. The summed E-state index contributed by atoms with van der Waals surface area (Å²) in [5.41, 5.74) is -0.875. The maximum absolute atomic E-state index is 10.5. The van der Waals surface area contributed by atoms with Crippen molar-refractivity contribution in [1.82, 2.24) is 0 Å². The Morgan fingerprint density at radius 3 is 1.85 bits per heavy atom. The van der Waals surface area contributed by atoms with Crippen LogP contribution in [0.1, 0.15) is 64.7 Å². The van der Waals surface area contributed by atoms with E-state index in [-0.39, 0.29) is 0 Å². The molecule has 0 N–H and O–H groups in total. The molecule has 1 nitrogen and oxygen atoms in total. The minimum Gasteiger partial charge on any atom is -0.216 e. The average molecular weight is 206 g/mol. The summed E-state index contributed by atoms with van der Waals surface area (Å²) in [5.74, 6) is 0. The zero-order valence-corrected chi connectivity index (χ0v) is 9.48. The topological polar surface area (TPSA) is 19.9 Å². The van der Waals surface area contributed by atoms with E-state index in [1.807, 2.05) is 0 Å². The van der Waals surface area contributed by atoms with Crippen LogP contribution in [0.4, 0.5) is 0 Å². The van der Waals surface area contributed by atoms with E-state index in [9.17, 15) is 5.11 Å². The first kappa shape index (κ1) is 13.2. The Morgan fingerprint density at radius 1 is 0.923 bits per heavy atom. The van der Waals surface area contributed by atoms with Gasteiger partial charge in [0.15, 0.2) is 5.56 Å². The van der Waals surface area contributed by atoms with Crippen molar-refractivity contribution in [3.63, 3.8) is 0 Å². The van der Waals surface area contributed by atoms with Gasteiger partial charge in [-0.3, -0.25) is 0 Å². The van der Waals surface area contributed by atoms with Gasteiger partial charge in [-0.05, 0) is 12.8 Å². The molecule has 1 radical (unpaired) electrons. The number of alkyl halides is 1. The van der Waals surface area contributed by atoms with Crippen LogP contribution in [0.2, 0.25) is 0 Å². The van der Waals surface area contributed by atoms with Gasteiger partial charge in [0, 0.05) is 0 Å².